The average Bonchev–Trinajstić information content (AvgIpc) is 2.16. The first-order valence-corrected chi connectivity index (χ1v) is 6.20. The molecule has 0 fully saturated rings. The van der Waals surface area contributed by atoms with Gasteiger partial charge in [0, 0.05) is 11.4 Å². The predicted molar refractivity (Wildman–Crippen MR) is 67.3 cm³/mol. The van der Waals surface area contributed by atoms with E-state index in [2.05, 4.69) is 24.0 Å². The van der Waals surface area contributed by atoms with Crippen LogP contribution in [0.15, 0.2) is 17.2 Å². The number of aromatic nitrogens is 1. The van der Waals surface area contributed by atoms with Crippen molar-refractivity contribution >= 4 is 11.8 Å². The van der Waals surface area contributed by atoms with E-state index in [1.807, 2.05) is 13.0 Å². The van der Waals surface area contributed by atoms with Crippen molar-refractivity contribution in [2.75, 3.05) is 5.75 Å². The number of pyridine rings is 1. The molecule has 1 rings (SSSR count). The van der Waals surface area contributed by atoms with Gasteiger partial charge in [0.05, 0.1) is 11.1 Å². The molecule has 1 heterocycles. The van der Waals surface area contributed by atoms with Crippen molar-refractivity contribution in [1.29, 1.82) is 5.26 Å². The molecule has 0 bridgehead atoms. The summed E-state index contributed by atoms with van der Waals surface area (Å²) in [6.07, 6.45) is 0.669. The van der Waals surface area contributed by atoms with Crippen LogP contribution in [0.4, 0.5) is 0 Å². The van der Waals surface area contributed by atoms with Crippen LogP contribution in [0.2, 0.25) is 0 Å². The van der Waals surface area contributed by atoms with Gasteiger partial charge < -0.3 is 5.73 Å². The summed E-state index contributed by atoms with van der Waals surface area (Å²) in [4.78, 5) is 4.42. The minimum Gasteiger partial charge on any atom is -0.314 e. The number of hydrogen-bond acceptors (Lipinski definition) is 4. The van der Waals surface area contributed by atoms with Crippen LogP contribution in [0.3, 0.4) is 0 Å². The molecule has 16 heavy (non-hydrogen) atoms. The molecular weight excluding hydrogens is 218 g/mol. The number of nitrogens with zero attached hydrogens (tertiary/aromatic N) is 2. The molecule has 0 saturated carbocycles. The Kier molecular flexibility index (Phi) is 4.34. The number of nitriles is 1. The van der Waals surface area contributed by atoms with E-state index in [9.17, 15) is 0 Å². The van der Waals surface area contributed by atoms with Crippen molar-refractivity contribution in [3.63, 3.8) is 0 Å². The van der Waals surface area contributed by atoms with Crippen LogP contribution in [-0.2, 0) is 0 Å². The van der Waals surface area contributed by atoms with E-state index in [1.165, 1.54) is 5.56 Å². The molecule has 2 N–H and O–H groups in total. The van der Waals surface area contributed by atoms with E-state index in [1.54, 1.807) is 18.7 Å². The van der Waals surface area contributed by atoms with Gasteiger partial charge in [0.1, 0.15) is 5.54 Å². The van der Waals surface area contributed by atoms with Crippen LogP contribution in [0.25, 0.3) is 0 Å². The Morgan fingerprint density at radius 3 is 2.75 bits per heavy atom. The molecule has 0 spiro atoms. The van der Waals surface area contributed by atoms with E-state index >= 15 is 0 Å². The minimum absolute atomic E-state index is 0.669. The summed E-state index contributed by atoms with van der Waals surface area (Å²) in [5.41, 5.74) is 7.25. The minimum atomic E-state index is -0.730. The van der Waals surface area contributed by atoms with Gasteiger partial charge in [-0.3, -0.25) is 0 Å². The average molecular weight is 235 g/mol. The molecule has 1 aromatic heterocycles. The Bertz CT molecular complexity index is 387. The molecule has 1 atom stereocenters. The van der Waals surface area contributed by atoms with Gasteiger partial charge in [-0.1, -0.05) is 0 Å². The summed E-state index contributed by atoms with van der Waals surface area (Å²) in [5, 5.41) is 9.79. The summed E-state index contributed by atoms with van der Waals surface area (Å²) in [5.74, 6) is 0.816. The van der Waals surface area contributed by atoms with Crippen molar-refractivity contribution in [2.24, 2.45) is 5.73 Å². The zero-order valence-electron chi connectivity index (χ0n) is 9.95. The topological polar surface area (TPSA) is 62.7 Å². The van der Waals surface area contributed by atoms with E-state index in [0.717, 1.165) is 16.5 Å². The lowest BCUT2D eigenvalue weighted by molar-refractivity contribution is 0.583. The van der Waals surface area contributed by atoms with E-state index in [-0.39, 0.29) is 0 Å². The number of hydrogen-bond donors (Lipinski definition) is 1. The van der Waals surface area contributed by atoms with Gasteiger partial charge in [0.25, 0.3) is 0 Å². The summed E-state index contributed by atoms with van der Waals surface area (Å²) in [6, 6.07) is 6.20. The van der Waals surface area contributed by atoms with Gasteiger partial charge in [-0.2, -0.15) is 5.26 Å². The third-order valence-electron chi connectivity index (χ3n) is 2.20. The molecule has 0 aromatic carbocycles. The molecule has 0 aliphatic heterocycles. The molecule has 3 nitrogen and oxygen atoms in total. The summed E-state index contributed by atoms with van der Waals surface area (Å²) in [6.45, 7) is 5.79. The van der Waals surface area contributed by atoms with E-state index in [0.29, 0.717) is 6.42 Å². The first-order valence-electron chi connectivity index (χ1n) is 5.21. The Labute approximate surface area is 101 Å². The Morgan fingerprint density at radius 1 is 1.50 bits per heavy atom. The van der Waals surface area contributed by atoms with Gasteiger partial charge in [0.2, 0.25) is 0 Å². The van der Waals surface area contributed by atoms with Crippen molar-refractivity contribution in [1.82, 2.24) is 4.98 Å². The standard InChI is InChI=1S/C12H17N3S/c1-9-6-10(2)15-11(7-9)16-5-4-12(3,14)8-13/h6-7H,4-5,14H2,1-3H3. The predicted octanol–water partition coefficient (Wildman–Crippen LogP) is 2.42. The van der Waals surface area contributed by atoms with E-state index < -0.39 is 5.54 Å². The Balaban J connectivity index is 2.53. The van der Waals surface area contributed by atoms with Gasteiger partial charge in [-0.15, -0.1) is 11.8 Å². The maximum atomic E-state index is 8.78. The second kappa shape index (κ2) is 5.33. The maximum Gasteiger partial charge on any atom is 0.102 e. The molecule has 0 aliphatic rings. The van der Waals surface area contributed by atoms with Crippen molar-refractivity contribution in [3.8, 4) is 6.07 Å². The summed E-state index contributed by atoms with van der Waals surface area (Å²) in [7, 11) is 0. The molecule has 1 aromatic rings. The van der Waals surface area contributed by atoms with Gasteiger partial charge in [0.15, 0.2) is 0 Å². The fraction of sp³-hybridized carbons (Fsp3) is 0.500. The Hall–Kier alpha value is -1.05. The highest BCUT2D eigenvalue weighted by Crippen LogP contribution is 2.20. The number of thioether (sulfide) groups is 1. The zero-order valence-corrected chi connectivity index (χ0v) is 10.8. The molecule has 4 heteroatoms. The summed E-state index contributed by atoms with van der Waals surface area (Å²) >= 11 is 1.65. The monoisotopic (exact) mass is 235 g/mol. The lowest BCUT2D eigenvalue weighted by Crippen LogP contribution is -2.34. The highest BCUT2D eigenvalue weighted by atomic mass is 32.2. The normalized spacial score (nSPS) is 14.2. The third kappa shape index (κ3) is 4.21. The third-order valence-corrected chi connectivity index (χ3v) is 3.11. The van der Waals surface area contributed by atoms with Crippen LogP contribution in [0.5, 0.6) is 0 Å². The van der Waals surface area contributed by atoms with Crippen LogP contribution < -0.4 is 5.73 Å². The number of aryl methyl sites for hydroxylation is 2. The van der Waals surface area contributed by atoms with Crippen molar-refractivity contribution < 1.29 is 0 Å². The van der Waals surface area contributed by atoms with Gasteiger partial charge >= 0.3 is 0 Å². The first-order chi connectivity index (χ1) is 7.43. The quantitative estimate of drug-likeness (QED) is 0.814. The molecular formula is C12H17N3S. The van der Waals surface area contributed by atoms with Gasteiger partial charge in [-0.05, 0) is 44.9 Å². The second-order valence-electron chi connectivity index (χ2n) is 4.25. The maximum absolute atomic E-state index is 8.78. The SMILES string of the molecule is Cc1cc(C)nc(SCCC(C)(N)C#N)c1. The van der Waals surface area contributed by atoms with Crippen LogP contribution in [-0.4, -0.2) is 16.3 Å². The largest absolute Gasteiger partial charge is 0.314 e. The highest BCUT2D eigenvalue weighted by molar-refractivity contribution is 7.99. The van der Waals surface area contributed by atoms with Gasteiger partial charge in [-0.25, -0.2) is 4.98 Å². The molecule has 0 radical (unpaired) electrons. The second-order valence-corrected chi connectivity index (χ2v) is 5.37. The first kappa shape index (κ1) is 13.0. The number of rotatable bonds is 4. The summed E-state index contributed by atoms with van der Waals surface area (Å²) < 4.78 is 0. The molecule has 0 aliphatic carbocycles. The fourth-order valence-corrected chi connectivity index (χ4v) is 2.51. The Morgan fingerprint density at radius 2 is 2.19 bits per heavy atom. The smallest absolute Gasteiger partial charge is 0.102 e. The highest BCUT2D eigenvalue weighted by Gasteiger charge is 2.16. The van der Waals surface area contributed by atoms with Crippen molar-refractivity contribution in [2.45, 2.75) is 37.8 Å². The number of nitrogens with two attached hydrogens (primary N) is 1. The van der Waals surface area contributed by atoms with Crippen LogP contribution in [0, 0.1) is 25.2 Å². The van der Waals surface area contributed by atoms with Crippen molar-refractivity contribution in [3.05, 3.63) is 23.4 Å². The van der Waals surface area contributed by atoms with Crippen LogP contribution in [0.1, 0.15) is 24.6 Å². The molecule has 86 valence electrons. The van der Waals surface area contributed by atoms with Crippen LogP contribution >= 0.6 is 11.8 Å². The lowest BCUT2D eigenvalue weighted by atomic mass is 10.0. The molecule has 0 amide bonds. The zero-order chi connectivity index (χ0) is 12.2. The van der Waals surface area contributed by atoms with E-state index in [4.69, 9.17) is 11.0 Å². The fourth-order valence-electron chi connectivity index (χ4n) is 1.30. The molecule has 1 unspecified atom stereocenters. The molecule has 0 saturated heterocycles. The lowest BCUT2D eigenvalue weighted by Gasteiger charge is -2.14.